The zero-order valence-electron chi connectivity index (χ0n) is 13.1. The van der Waals surface area contributed by atoms with E-state index in [0.717, 1.165) is 41.0 Å². The van der Waals surface area contributed by atoms with Crippen molar-refractivity contribution in [3.8, 4) is 11.1 Å². The summed E-state index contributed by atoms with van der Waals surface area (Å²) in [6, 6.07) is 9.97. The molecule has 0 saturated carbocycles. The molecule has 3 aromatic rings. The summed E-state index contributed by atoms with van der Waals surface area (Å²) in [6.07, 6.45) is 9.43. The zero-order valence-corrected chi connectivity index (χ0v) is 13.1. The maximum atomic E-state index is 11.4. The first-order valence-electron chi connectivity index (χ1n) is 7.91. The summed E-state index contributed by atoms with van der Waals surface area (Å²) in [4.78, 5) is 24.4. The number of hydrogen-bond donors (Lipinski definition) is 1. The molecule has 1 aromatic carbocycles. The molecule has 5 nitrogen and oxygen atoms in total. The lowest BCUT2D eigenvalue weighted by molar-refractivity contribution is -0.115. The second-order valence-corrected chi connectivity index (χ2v) is 5.84. The molecule has 0 aliphatic carbocycles. The number of benzene rings is 1. The van der Waals surface area contributed by atoms with Gasteiger partial charge < -0.3 is 5.32 Å². The van der Waals surface area contributed by atoms with Crippen molar-refractivity contribution in [1.82, 2.24) is 15.0 Å². The van der Waals surface area contributed by atoms with Crippen molar-refractivity contribution in [3.05, 3.63) is 72.1 Å². The Morgan fingerprint density at radius 1 is 0.958 bits per heavy atom. The highest BCUT2D eigenvalue weighted by Gasteiger charge is 2.17. The third-order valence-corrected chi connectivity index (χ3v) is 4.16. The van der Waals surface area contributed by atoms with E-state index in [4.69, 9.17) is 0 Å². The molecule has 4 rings (SSSR count). The molecule has 0 fully saturated rings. The lowest BCUT2D eigenvalue weighted by Gasteiger charge is -2.05. The number of pyridine rings is 1. The second-order valence-electron chi connectivity index (χ2n) is 5.84. The molecule has 3 heterocycles. The van der Waals surface area contributed by atoms with E-state index in [1.807, 2.05) is 42.7 Å². The van der Waals surface area contributed by atoms with Crippen LogP contribution in [-0.2, 0) is 24.1 Å². The third kappa shape index (κ3) is 3.01. The predicted octanol–water partition coefficient (Wildman–Crippen LogP) is 2.82. The maximum absolute atomic E-state index is 11.4. The number of hydrogen-bond acceptors (Lipinski definition) is 4. The van der Waals surface area contributed by atoms with Crippen LogP contribution in [0.1, 0.15) is 17.0 Å². The number of nitrogens with one attached hydrogen (secondary N) is 1. The van der Waals surface area contributed by atoms with E-state index in [0.29, 0.717) is 6.42 Å². The molecule has 1 amide bonds. The van der Waals surface area contributed by atoms with E-state index in [1.54, 1.807) is 12.4 Å². The molecular weight excluding hydrogens is 300 g/mol. The van der Waals surface area contributed by atoms with Crippen LogP contribution in [0.2, 0.25) is 0 Å². The number of rotatable bonds is 4. The van der Waals surface area contributed by atoms with Gasteiger partial charge in [0.25, 0.3) is 0 Å². The van der Waals surface area contributed by atoms with Crippen molar-refractivity contribution in [2.24, 2.45) is 0 Å². The molecule has 1 aliphatic rings. The first kappa shape index (κ1) is 14.5. The summed E-state index contributed by atoms with van der Waals surface area (Å²) < 4.78 is 0. The molecule has 24 heavy (non-hydrogen) atoms. The number of carbonyl (C=O) groups excluding carboxylic acids is 1. The van der Waals surface area contributed by atoms with Crippen LogP contribution in [-0.4, -0.2) is 20.9 Å². The molecule has 118 valence electrons. The first-order valence-corrected chi connectivity index (χ1v) is 7.91. The lowest BCUT2D eigenvalue weighted by Crippen LogP contribution is -2.03. The number of amides is 1. The zero-order chi connectivity index (χ0) is 16.4. The molecule has 2 aromatic heterocycles. The Hall–Kier alpha value is -3.08. The molecule has 0 unspecified atom stereocenters. The number of aromatic nitrogens is 3. The van der Waals surface area contributed by atoms with Crippen molar-refractivity contribution >= 4 is 11.6 Å². The predicted molar refractivity (Wildman–Crippen MR) is 91.4 cm³/mol. The highest BCUT2D eigenvalue weighted by atomic mass is 16.1. The average Bonchev–Trinajstić information content (AvgIpc) is 3.00. The minimum absolute atomic E-state index is 0.0462. The average molecular weight is 316 g/mol. The minimum Gasteiger partial charge on any atom is -0.326 e. The molecule has 0 saturated heterocycles. The molecule has 0 atom stereocenters. The van der Waals surface area contributed by atoms with Crippen molar-refractivity contribution in [1.29, 1.82) is 0 Å². The second kappa shape index (κ2) is 6.20. The fourth-order valence-electron chi connectivity index (χ4n) is 2.85. The molecule has 1 N–H and O–H groups in total. The topological polar surface area (TPSA) is 67.8 Å². The molecule has 0 radical (unpaired) electrons. The minimum atomic E-state index is 0.0462. The van der Waals surface area contributed by atoms with Crippen molar-refractivity contribution < 1.29 is 4.79 Å². The van der Waals surface area contributed by atoms with Crippen LogP contribution in [0.15, 0.2) is 55.1 Å². The van der Waals surface area contributed by atoms with E-state index in [-0.39, 0.29) is 5.91 Å². The lowest BCUT2D eigenvalue weighted by atomic mass is 10.0. The maximum Gasteiger partial charge on any atom is 0.228 e. The van der Waals surface area contributed by atoms with Crippen LogP contribution in [0, 0.1) is 0 Å². The summed E-state index contributed by atoms with van der Waals surface area (Å²) in [5, 5.41) is 2.84. The number of nitrogens with zero attached hydrogens (tertiary/aromatic N) is 3. The van der Waals surface area contributed by atoms with E-state index < -0.39 is 0 Å². The highest BCUT2D eigenvalue weighted by Crippen LogP contribution is 2.28. The van der Waals surface area contributed by atoms with Gasteiger partial charge in [-0.15, -0.1) is 0 Å². The summed E-state index contributed by atoms with van der Waals surface area (Å²) in [6.45, 7) is 0. The molecular formula is C19H16N4O. The van der Waals surface area contributed by atoms with Gasteiger partial charge in [-0.05, 0) is 47.4 Å². The smallest absolute Gasteiger partial charge is 0.228 e. The van der Waals surface area contributed by atoms with Crippen LogP contribution in [0.5, 0.6) is 0 Å². The van der Waals surface area contributed by atoms with Gasteiger partial charge in [-0.2, -0.15) is 0 Å². The number of anilines is 1. The van der Waals surface area contributed by atoms with Crippen LogP contribution < -0.4 is 5.32 Å². The quantitative estimate of drug-likeness (QED) is 0.803. The van der Waals surface area contributed by atoms with Crippen LogP contribution in [0.4, 0.5) is 5.69 Å². The Morgan fingerprint density at radius 2 is 1.75 bits per heavy atom. The largest absolute Gasteiger partial charge is 0.326 e. The van der Waals surface area contributed by atoms with Crippen LogP contribution >= 0.6 is 0 Å². The molecule has 5 heteroatoms. The summed E-state index contributed by atoms with van der Waals surface area (Å²) in [5.41, 5.74) is 5.15. The standard InChI is InChI=1S/C19H16N4O/c24-19-10-15-9-14(2-3-17(15)23-19)16-11-21-18(22-12-16)4-1-13-5-7-20-8-6-13/h2-3,5-9,11-12H,1,4,10H2,(H,23,24). The van der Waals surface area contributed by atoms with Gasteiger partial charge in [-0.25, -0.2) is 9.97 Å². The van der Waals surface area contributed by atoms with Gasteiger partial charge >= 0.3 is 0 Å². The Kier molecular flexibility index (Phi) is 3.75. The normalized spacial score (nSPS) is 12.8. The van der Waals surface area contributed by atoms with Crippen LogP contribution in [0.25, 0.3) is 11.1 Å². The van der Waals surface area contributed by atoms with E-state index in [2.05, 4.69) is 20.3 Å². The Labute approximate surface area is 139 Å². The van der Waals surface area contributed by atoms with Gasteiger partial charge in [0.1, 0.15) is 5.82 Å². The van der Waals surface area contributed by atoms with Crippen molar-refractivity contribution in [3.63, 3.8) is 0 Å². The third-order valence-electron chi connectivity index (χ3n) is 4.16. The SMILES string of the molecule is O=C1Cc2cc(-c3cnc(CCc4ccncc4)nc3)ccc2N1. The number of fused-ring (bicyclic) bond motifs is 1. The monoisotopic (exact) mass is 316 g/mol. The van der Waals surface area contributed by atoms with E-state index in [9.17, 15) is 4.79 Å². The highest BCUT2D eigenvalue weighted by molar-refractivity contribution is 5.99. The van der Waals surface area contributed by atoms with Crippen molar-refractivity contribution in [2.75, 3.05) is 5.32 Å². The van der Waals surface area contributed by atoms with E-state index >= 15 is 0 Å². The fraction of sp³-hybridized carbons (Fsp3) is 0.158. The number of carbonyl (C=O) groups is 1. The Bertz CT molecular complexity index is 876. The van der Waals surface area contributed by atoms with Gasteiger partial charge in [0.05, 0.1) is 6.42 Å². The summed E-state index contributed by atoms with van der Waals surface area (Å²) >= 11 is 0. The Morgan fingerprint density at radius 3 is 2.54 bits per heavy atom. The summed E-state index contributed by atoms with van der Waals surface area (Å²) in [7, 11) is 0. The first-order chi connectivity index (χ1) is 11.8. The van der Waals surface area contributed by atoms with Gasteiger partial charge in [0.15, 0.2) is 0 Å². The fourth-order valence-corrected chi connectivity index (χ4v) is 2.85. The molecule has 1 aliphatic heterocycles. The summed E-state index contributed by atoms with van der Waals surface area (Å²) in [5.74, 6) is 0.874. The van der Waals surface area contributed by atoms with Gasteiger partial charge in [0, 0.05) is 42.5 Å². The Balaban J connectivity index is 1.48. The van der Waals surface area contributed by atoms with E-state index in [1.165, 1.54) is 5.56 Å². The van der Waals surface area contributed by atoms with Crippen LogP contribution in [0.3, 0.4) is 0 Å². The van der Waals surface area contributed by atoms with Gasteiger partial charge in [-0.1, -0.05) is 6.07 Å². The molecule has 0 bridgehead atoms. The molecule has 0 spiro atoms. The van der Waals surface area contributed by atoms with Crippen molar-refractivity contribution in [2.45, 2.75) is 19.3 Å². The van der Waals surface area contributed by atoms with Gasteiger partial charge in [-0.3, -0.25) is 9.78 Å². The van der Waals surface area contributed by atoms with Gasteiger partial charge in [0.2, 0.25) is 5.91 Å². The number of aryl methyl sites for hydroxylation is 2.